The van der Waals surface area contributed by atoms with E-state index in [9.17, 15) is 9.59 Å². The number of cyclic esters (lactones) is 1. The minimum absolute atomic E-state index is 0.156. The largest absolute Gasteiger partial charge is 0.464 e. The number of carbonyl (C=O) groups excluding carboxylic acids is 2. The fourth-order valence-electron chi connectivity index (χ4n) is 4.01. The summed E-state index contributed by atoms with van der Waals surface area (Å²) in [5.41, 5.74) is 3.08. The summed E-state index contributed by atoms with van der Waals surface area (Å²) in [5, 5.41) is 6.82. The molecule has 2 N–H and O–H groups in total. The van der Waals surface area contributed by atoms with Crippen LogP contribution in [-0.4, -0.2) is 44.5 Å². The fourth-order valence-corrected chi connectivity index (χ4v) is 4.96. The summed E-state index contributed by atoms with van der Waals surface area (Å²) >= 11 is 1.45. The number of esters is 1. The molecule has 1 fully saturated rings. The molecule has 3 aromatic heterocycles. The number of pyridine rings is 1. The molecule has 0 bridgehead atoms. The third-order valence-electron chi connectivity index (χ3n) is 5.82. The highest BCUT2D eigenvalue weighted by Crippen LogP contribution is 2.34. The number of hydrogen-bond donors (Lipinski definition) is 2. The second-order valence-corrected chi connectivity index (χ2v) is 9.31. The lowest BCUT2D eigenvalue weighted by atomic mass is 10.1. The Morgan fingerprint density at radius 3 is 2.62 bits per heavy atom. The van der Waals surface area contributed by atoms with Crippen LogP contribution < -0.4 is 10.6 Å². The van der Waals surface area contributed by atoms with Gasteiger partial charge in [0, 0.05) is 29.8 Å². The van der Waals surface area contributed by atoms with E-state index in [0.29, 0.717) is 30.4 Å². The standard InChI is InChI=1S/C27H20N6O3S/c34-24(31-18-10-5-4-9-17(18)25-32-19-11-6-13-28-26(19)37-25)21-15-22(29-20-12-14-36-27(20)35)33-23(30-21)16-7-2-1-3-8-16/h1-11,13,15,20H,12,14H2,(H,31,34)(H,29,30,33). The first kappa shape index (κ1) is 22.7. The molecule has 1 aliphatic rings. The Morgan fingerprint density at radius 1 is 0.973 bits per heavy atom. The number of para-hydroxylation sites is 1. The highest BCUT2D eigenvalue weighted by Gasteiger charge is 2.27. The molecular formula is C27H20N6O3S. The molecule has 9 nitrogen and oxygen atoms in total. The zero-order chi connectivity index (χ0) is 25.2. The lowest BCUT2D eigenvalue weighted by Crippen LogP contribution is -2.25. The van der Waals surface area contributed by atoms with Crippen molar-refractivity contribution in [2.45, 2.75) is 12.5 Å². The predicted octanol–water partition coefficient (Wildman–Crippen LogP) is 4.80. The lowest BCUT2D eigenvalue weighted by molar-refractivity contribution is -0.138. The Kier molecular flexibility index (Phi) is 5.99. The smallest absolute Gasteiger partial charge is 0.328 e. The number of nitrogens with zero attached hydrogens (tertiary/aromatic N) is 4. The molecule has 182 valence electrons. The van der Waals surface area contributed by atoms with Gasteiger partial charge in [-0.05, 0) is 24.3 Å². The van der Waals surface area contributed by atoms with Crippen molar-refractivity contribution in [2.24, 2.45) is 0 Å². The first-order valence-corrected chi connectivity index (χ1v) is 12.5. The molecule has 0 spiro atoms. The van der Waals surface area contributed by atoms with Crippen LogP contribution in [0.4, 0.5) is 11.5 Å². The normalized spacial score (nSPS) is 14.9. The molecule has 5 aromatic rings. The van der Waals surface area contributed by atoms with E-state index in [0.717, 1.165) is 26.5 Å². The number of fused-ring (bicyclic) bond motifs is 1. The molecule has 1 saturated heterocycles. The van der Waals surface area contributed by atoms with Gasteiger partial charge in [-0.3, -0.25) is 4.79 Å². The Labute approximate surface area is 215 Å². The summed E-state index contributed by atoms with van der Waals surface area (Å²) in [6.45, 7) is 0.346. The Morgan fingerprint density at radius 2 is 1.81 bits per heavy atom. The number of thiazole rings is 1. The van der Waals surface area contributed by atoms with Crippen LogP contribution in [0.25, 0.3) is 32.3 Å². The summed E-state index contributed by atoms with van der Waals surface area (Å²) in [5.74, 6) is -0.0190. The van der Waals surface area contributed by atoms with Crippen LogP contribution in [0.3, 0.4) is 0 Å². The number of hydrogen-bond acceptors (Lipinski definition) is 9. The number of anilines is 2. The number of rotatable bonds is 6. The molecule has 4 heterocycles. The average Bonchev–Trinajstić information content (AvgIpc) is 3.55. The van der Waals surface area contributed by atoms with Crippen LogP contribution in [0, 0.1) is 0 Å². The molecular weight excluding hydrogens is 488 g/mol. The Hall–Kier alpha value is -4.70. The van der Waals surface area contributed by atoms with E-state index in [1.165, 1.54) is 17.4 Å². The van der Waals surface area contributed by atoms with Crippen LogP contribution >= 0.6 is 11.3 Å². The molecule has 0 saturated carbocycles. The topological polar surface area (TPSA) is 119 Å². The van der Waals surface area contributed by atoms with Gasteiger partial charge in [0.25, 0.3) is 5.91 Å². The molecule has 10 heteroatoms. The van der Waals surface area contributed by atoms with E-state index < -0.39 is 11.9 Å². The van der Waals surface area contributed by atoms with E-state index in [-0.39, 0.29) is 11.7 Å². The summed E-state index contributed by atoms with van der Waals surface area (Å²) < 4.78 is 5.05. The van der Waals surface area contributed by atoms with Crippen LogP contribution in [0.15, 0.2) is 79.0 Å². The maximum absolute atomic E-state index is 13.5. The van der Waals surface area contributed by atoms with Crippen molar-refractivity contribution in [1.29, 1.82) is 0 Å². The molecule has 6 rings (SSSR count). The van der Waals surface area contributed by atoms with Crippen molar-refractivity contribution in [2.75, 3.05) is 17.2 Å². The predicted molar refractivity (Wildman–Crippen MR) is 141 cm³/mol. The van der Waals surface area contributed by atoms with Gasteiger partial charge in [-0.1, -0.05) is 53.8 Å². The maximum atomic E-state index is 13.5. The van der Waals surface area contributed by atoms with Crippen molar-refractivity contribution in [1.82, 2.24) is 19.9 Å². The van der Waals surface area contributed by atoms with Gasteiger partial charge < -0.3 is 15.4 Å². The van der Waals surface area contributed by atoms with E-state index in [2.05, 4.69) is 30.6 Å². The number of carbonyl (C=O) groups is 2. The number of benzene rings is 2. The molecule has 37 heavy (non-hydrogen) atoms. The summed E-state index contributed by atoms with van der Waals surface area (Å²) in [6.07, 6.45) is 2.25. The summed E-state index contributed by atoms with van der Waals surface area (Å²) in [4.78, 5) is 44.4. The first-order chi connectivity index (χ1) is 18.1. The second-order valence-electron chi connectivity index (χ2n) is 8.33. The van der Waals surface area contributed by atoms with Crippen LogP contribution in [-0.2, 0) is 9.53 Å². The third kappa shape index (κ3) is 4.74. The lowest BCUT2D eigenvalue weighted by Gasteiger charge is -2.13. The number of ether oxygens (including phenoxy) is 1. The van der Waals surface area contributed by atoms with Gasteiger partial charge in [0.15, 0.2) is 5.82 Å². The van der Waals surface area contributed by atoms with E-state index in [1.807, 2.05) is 66.7 Å². The van der Waals surface area contributed by atoms with Crippen molar-refractivity contribution < 1.29 is 14.3 Å². The SMILES string of the molecule is O=C(Nc1ccccc1-c1nc2cccnc2s1)c1cc(NC2CCOC2=O)nc(-c2ccccc2)n1. The van der Waals surface area contributed by atoms with E-state index in [1.54, 1.807) is 6.20 Å². The monoisotopic (exact) mass is 508 g/mol. The Balaban J connectivity index is 1.34. The highest BCUT2D eigenvalue weighted by molar-refractivity contribution is 7.21. The van der Waals surface area contributed by atoms with Crippen molar-refractivity contribution >= 4 is 45.1 Å². The quantitative estimate of drug-likeness (QED) is 0.314. The molecule has 1 atom stereocenters. The molecule has 0 aliphatic carbocycles. The van der Waals surface area contributed by atoms with Crippen molar-refractivity contribution in [3.05, 3.63) is 84.7 Å². The number of nitrogens with one attached hydrogen (secondary N) is 2. The zero-order valence-electron chi connectivity index (χ0n) is 19.4. The molecule has 0 radical (unpaired) electrons. The van der Waals surface area contributed by atoms with Crippen molar-refractivity contribution in [3.8, 4) is 22.0 Å². The van der Waals surface area contributed by atoms with Crippen LogP contribution in [0.5, 0.6) is 0 Å². The molecule has 1 amide bonds. The minimum Gasteiger partial charge on any atom is -0.464 e. The van der Waals surface area contributed by atoms with Gasteiger partial charge in [0.05, 0.1) is 12.3 Å². The molecule has 1 unspecified atom stereocenters. The highest BCUT2D eigenvalue weighted by atomic mass is 32.1. The van der Waals surface area contributed by atoms with Gasteiger partial charge in [-0.15, -0.1) is 0 Å². The second kappa shape index (κ2) is 9.75. The van der Waals surface area contributed by atoms with Gasteiger partial charge >= 0.3 is 5.97 Å². The minimum atomic E-state index is -0.525. The Bertz CT molecular complexity index is 1590. The van der Waals surface area contributed by atoms with Gasteiger partial charge in [0.1, 0.15) is 32.9 Å². The average molecular weight is 509 g/mol. The van der Waals surface area contributed by atoms with Crippen LogP contribution in [0.2, 0.25) is 0 Å². The van der Waals surface area contributed by atoms with Gasteiger partial charge in [0.2, 0.25) is 0 Å². The van der Waals surface area contributed by atoms with E-state index >= 15 is 0 Å². The van der Waals surface area contributed by atoms with Crippen LogP contribution in [0.1, 0.15) is 16.9 Å². The number of aromatic nitrogens is 4. The zero-order valence-corrected chi connectivity index (χ0v) is 20.2. The maximum Gasteiger partial charge on any atom is 0.328 e. The third-order valence-corrected chi connectivity index (χ3v) is 6.83. The van der Waals surface area contributed by atoms with E-state index in [4.69, 9.17) is 4.74 Å². The molecule has 1 aliphatic heterocycles. The van der Waals surface area contributed by atoms with Gasteiger partial charge in [-0.2, -0.15) is 0 Å². The molecule has 2 aromatic carbocycles. The summed E-state index contributed by atoms with van der Waals surface area (Å²) in [7, 11) is 0. The number of amides is 1. The summed E-state index contributed by atoms with van der Waals surface area (Å²) in [6, 6.07) is 21.6. The van der Waals surface area contributed by atoms with Gasteiger partial charge in [-0.25, -0.2) is 24.7 Å². The first-order valence-electron chi connectivity index (χ1n) is 11.6. The fraction of sp³-hybridized carbons (Fsp3) is 0.111. The van der Waals surface area contributed by atoms with Crippen molar-refractivity contribution in [3.63, 3.8) is 0 Å².